The van der Waals surface area contributed by atoms with E-state index in [4.69, 9.17) is 0 Å². The van der Waals surface area contributed by atoms with Crippen LogP contribution in [0.3, 0.4) is 0 Å². The summed E-state index contributed by atoms with van der Waals surface area (Å²) in [5.74, 6) is 0.0537. The first-order valence-corrected chi connectivity index (χ1v) is 8.05. The monoisotopic (exact) mass is 337 g/mol. The lowest BCUT2D eigenvalue weighted by molar-refractivity contribution is -0.130. The Balaban J connectivity index is 0.00000192. The van der Waals surface area contributed by atoms with E-state index in [1.807, 2.05) is 30.3 Å². The maximum Gasteiger partial charge on any atom is 0.249 e. The third kappa shape index (κ3) is 4.03. The van der Waals surface area contributed by atoms with Gasteiger partial charge in [0.25, 0.3) is 0 Å². The predicted molar refractivity (Wildman–Crippen MR) is 92.8 cm³/mol. The minimum absolute atomic E-state index is 0. The van der Waals surface area contributed by atoms with Gasteiger partial charge < -0.3 is 15.5 Å². The van der Waals surface area contributed by atoms with Gasteiger partial charge in [-0.15, -0.1) is 12.4 Å². The van der Waals surface area contributed by atoms with Crippen LogP contribution in [-0.4, -0.2) is 37.0 Å². The fraction of sp³-hybridized carbons (Fsp3) is 0.529. The van der Waals surface area contributed by atoms with Crippen molar-refractivity contribution in [2.45, 2.75) is 38.3 Å². The molecule has 23 heavy (non-hydrogen) atoms. The van der Waals surface area contributed by atoms with Gasteiger partial charge in [0.2, 0.25) is 11.8 Å². The van der Waals surface area contributed by atoms with Gasteiger partial charge in [-0.05, 0) is 44.9 Å². The largest absolute Gasteiger partial charge is 0.344 e. The summed E-state index contributed by atoms with van der Waals surface area (Å²) >= 11 is 0. The molecule has 3 rings (SSSR count). The van der Waals surface area contributed by atoms with Crippen LogP contribution < -0.4 is 15.5 Å². The molecular formula is C17H24ClN3O2. The molecule has 0 spiro atoms. The summed E-state index contributed by atoms with van der Waals surface area (Å²) in [6, 6.07) is 9.62. The summed E-state index contributed by atoms with van der Waals surface area (Å²) in [4.78, 5) is 26.6. The van der Waals surface area contributed by atoms with E-state index in [-0.39, 0.29) is 36.2 Å². The van der Waals surface area contributed by atoms with Crippen LogP contribution in [0.25, 0.3) is 0 Å². The maximum atomic E-state index is 12.5. The minimum Gasteiger partial charge on any atom is -0.344 e. The zero-order valence-corrected chi connectivity index (χ0v) is 14.1. The van der Waals surface area contributed by atoms with Crippen LogP contribution in [0.2, 0.25) is 0 Å². The van der Waals surface area contributed by atoms with Gasteiger partial charge in [0.15, 0.2) is 0 Å². The van der Waals surface area contributed by atoms with Gasteiger partial charge in [-0.1, -0.05) is 18.2 Å². The number of halogens is 1. The van der Waals surface area contributed by atoms with Gasteiger partial charge >= 0.3 is 0 Å². The third-order valence-corrected chi connectivity index (χ3v) is 4.58. The van der Waals surface area contributed by atoms with Crippen LogP contribution in [0.5, 0.6) is 0 Å². The SMILES string of the molecule is C[C@H]1C[C@@H](C(=O)NC2CCN(c3ccccc3)C2=O)CCN1.Cl. The molecular weight excluding hydrogens is 314 g/mol. The molecule has 2 amide bonds. The lowest BCUT2D eigenvalue weighted by Crippen LogP contribution is -2.47. The highest BCUT2D eigenvalue weighted by molar-refractivity contribution is 6.01. The minimum atomic E-state index is -0.377. The van der Waals surface area contributed by atoms with E-state index in [2.05, 4.69) is 17.6 Å². The fourth-order valence-corrected chi connectivity index (χ4v) is 3.34. The van der Waals surface area contributed by atoms with E-state index in [1.54, 1.807) is 4.90 Å². The summed E-state index contributed by atoms with van der Waals surface area (Å²) in [7, 11) is 0. The van der Waals surface area contributed by atoms with E-state index in [0.29, 0.717) is 19.0 Å². The summed E-state index contributed by atoms with van der Waals surface area (Å²) in [6.07, 6.45) is 2.37. The molecule has 126 valence electrons. The maximum absolute atomic E-state index is 12.5. The second-order valence-corrected chi connectivity index (χ2v) is 6.25. The first-order valence-electron chi connectivity index (χ1n) is 8.05. The highest BCUT2D eigenvalue weighted by Crippen LogP contribution is 2.22. The number of hydrogen-bond donors (Lipinski definition) is 2. The van der Waals surface area contributed by atoms with Crippen LogP contribution in [0.1, 0.15) is 26.2 Å². The number of carbonyl (C=O) groups is 2. The Bertz CT molecular complexity index is 552. The molecule has 2 fully saturated rings. The molecule has 0 aromatic heterocycles. The lowest BCUT2D eigenvalue weighted by atomic mass is 9.92. The van der Waals surface area contributed by atoms with Gasteiger partial charge in [-0.2, -0.15) is 0 Å². The smallest absolute Gasteiger partial charge is 0.249 e. The summed E-state index contributed by atoms with van der Waals surface area (Å²) in [5, 5.41) is 6.30. The Kier molecular flexibility index (Phi) is 6.02. The number of anilines is 1. The topological polar surface area (TPSA) is 61.4 Å². The van der Waals surface area contributed by atoms with Crippen molar-refractivity contribution in [3.05, 3.63) is 30.3 Å². The highest BCUT2D eigenvalue weighted by atomic mass is 35.5. The molecule has 0 radical (unpaired) electrons. The third-order valence-electron chi connectivity index (χ3n) is 4.58. The molecule has 2 aliphatic rings. The van der Waals surface area contributed by atoms with Crippen molar-refractivity contribution in [1.29, 1.82) is 0 Å². The van der Waals surface area contributed by atoms with Crippen molar-refractivity contribution in [2.24, 2.45) is 5.92 Å². The second-order valence-electron chi connectivity index (χ2n) is 6.25. The number of nitrogens with one attached hydrogen (secondary N) is 2. The first kappa shape index (κ1) is 17.8. The van der Waals surface area contributed by atoms with Crippen LogP contribution >= 0.6 is 12.4 Å². The average molecular weight is 338 g/mol. The summed E-state index contributed by atoms with van der Waals surface area (Å²) < 4.78 is 0. The zero-order valence-electron chi connectivity index (χ0n) is 13.3. The standard InChI is InChI=1S/C17H23N3O2.ClH/c1-12-11-13(7-9-18-12)16(21)19-15-8-10-20(17(15)22)14-5-3-2-4-6-14;/h2-6,12-13,15,18H,7-11H2,1H3,(H,19,21);1H/t12-,13-,15?;/m0./s1. The van der Waals surface area contributed by atoms with E-state index in [1.165, 1.54) is 0 Å². The Labute approximate surface area is 143 Å². The van der Waals surface area contributed by atoms with Crippen molar-refractivity contribution in [3.8, 4) is 0 Å². The van der Waals surface area contributed by atoms with Crippen molar-refractivity contribution >= 4 is 29.9 Å². The Morgan fingerprint density at radius 1 is 1.26 bits per heavy atom. The van der Waals surface area contributed by atoms with Gasteiger partial charge in [-0.3, -0.25) is 9.59 Å². The van der Waals surface area contributed by atoms with Crippen LogP contribution in [0.4, 0.5) is 5.69 Å². The molecule has 0 aliphatic carbocycles. The normalized spacial score (nSPS) is 27.4. The fourth-order valence-electron chi connectivity index (χ4n) is 3.34. The molecule has 0 saturated carbocycles. The van der Waals surface area contributed by atoms with Gasteiger partial charge in [-0.25, -0.2) is 0 Å². The van der Waals surface area contributed by atoms with Gasteiger partial charge in [0.05, 0.1) is 0 Å². The number of amides is 2. The van der Waals surface area contributed by atoms with Crippen molar-refractivity contribution in [1.82, 2.24) is 10.6 Å². The number of para-hydroxylation sites is 1. The van der Waals surface area contributed by atoms with Gasteiger partial charge in [0, 0.05) is 24.2 Å². The van der Waals surface area contributed by atoms with E-state index in [9.17, 15) is 9.59 Å². The number of carbonyl (C=O) groups excluding carboxylic acids is 2. The molecule has 1 aromatic carbocycles. The summed E-state index contributed by atoms with van der Waals surface area (Å²) in [5.41, 5.74) is 0.903. The number of piperidine rings is 1. The highest BCUT2D eigenvalue weighted by Gasteiger charge is 2.35. The molecule has 2 N–H and O–H groups in total. The molecule has 2 aliphatic heterocycles. The molecule has 6 heteroatoms. The van der Waals surface area contributed by atoms with Crippen molar-refractivity contribution < 1.29 is 9.59 Å². The van der Waals surface area contributed by atoms with Crippen LogP contribution in [0, 0.1) is 5.92 Å². The van der Waals surface area contributed by atoms with E-state index < -0.39 is 0 Å². The molecule has 2 heterocycles. The Morgan fingerprint density at radius 3 is 2.70 bits per heavy atom. The average Bonchev–Trinajstić information content (AvgIpc) is 2.89. The van der Waals surface area contributed by atoms with Crippen LogP contribution in [-0.2, 0) is 9.59 Å². The Morgan fingerprint density at radius 2 is 2.00 bits per heavy atom. The molecule has 0 bridgehead atoms. The second kappa shape index (κ2) is 7.79. The predicted octanol–water partition coefficient (Wildman–Crippen LogP) is 1.72. The van der Waals surface area contributed by atoms with E-state index in [0.717, 1.165) is 25.1 Å². The van der Waals surface area contributed by atoms with Gasteiger partial charge in [0.1, 0.15) is 6.04 Å². The molecule has 5 nitrogen and oxygen atoms in total. The zero-order chi connectivity index (χ0) is 15.5. The number of benzene rings is 1. The quantitative estimate of drug-likeness (QED) is 0.883. The number of hydrogen-bond acceptors (Lipinski definition) is 3. The molecule has 1 unspecified atom stereocenters. The van der Waals surface area contributed by atoms with Crippen molar-refractivity contribution in [3.63, 3.8) is 0 Å². The first-order chi connectivity index (χ1) is 10.6. The van der Waals surface area contributed by atoms with Crippen LogP contribution in [0.15, 0.2) is 30.3 Å². The molecule has 1 aromatic rings. The van der Waals surface area contributed by atoms with E-state index >= 15 is 0 Å². The summed E-state index contributed by atoms with van der Waals surface area (Å²) in [6.45, 7) is 3.63. The number of nitrogens with zero attached hydrogens (tertiary/aromatic N) is 1. The lowest BCUT2D eigenvalue weighted by Gasteiger charge is -2.28. The van der Waals surface area contributed by atoms with Crippen molar-refractivity contribution in [2.75, 3.05) is 18.0 Å². The molecule has 2 saturated heterocycles. The number of rotatable bonds is 3. The Hall–Kier alpha value is -1.59. The molecule has 3 atom stereocenters.